The highest BCUT2D eigenvalue weighted by Gasteiger charge is 2.28. The Hall–Kier alpha value is -1.66. The van der Waals surface area contributed by atoms with Crippen LogP contribution in [0, 0.1) is 6.92 Å². The fourth-order valence-corrected chi connectivity index (χ4v) is 3.50. The molecular weight excluding hydrogens is 302 g/mol. The first-order valence-corrected chi connectivity index (χ1v) is 8.75. The fraction of sp³-hybridized carbons (Fsp3) is 0.438. The molecular formula is C16H21NO4S. The molecule has 0 unspecified atom stereocenters. The first kappa shape index (κ1) is 16.7. The molecule has 0 aromatic heterocycles. The third-order valence-electron chi connectivity index (χ3n) is 3.57. The zero-order chi connectivity index (χ0) is 16.2. The molecule has 1 aromatic carbocycles. The molecule has 0 bridgehead atoms. The zero-order valence-corrected chi connectivity index (χ0v) is 13.7. The maximum Gasteiger partial charge on any atom is 0.297 e. The predicted molar refractivity (Wildman–Crippen MR) is 83.9 cm³/mol. The van der Waals surface area contributed by atoms with Crippen LogP contribution in [0.15, 0.2) is 41.3 Å². The number of likely N-dealkylation sites (tertiary alicyclic amines) is 1. The van der Waals surface area contributed by atoms with Crippen molar-refractivity contribution < 1.29 is 17.4 Å². The average Bonchev–Trinajstić information content (AvgIpc) is 2.48. The van der Waals surface area contributed by atoms with Crippen LogP contribution in [0.5, 0.6) is 0 Å². The van der Waals surface area contributed by atoms with Crippen molar-refractivity contribution in [1.82, 2.24) is 4.90 Å². The summed E-state index contributed by atoms with van der Waals surface area (Å²) in [5, 5.41) is 0. The van der Waals surface area contributed by atoms with Gasteiger partial charge < -0.3 is 4.90 Å². The van der Waals surface area contributed by atoms with Crippen molar-refractivity contribution in [3.8, 4) is 0 Å². The Bertz CT molecular complexity index is 649. The molecule has 1 fully saturated rings. The molecule has 2 rings (SSSR count). The first-order valence-electron chi connectivity index (χ1n) is 7.34. The van der Waals surface area contributed by atoms with Crippen LogP contribution in [0.2, 0.25) is 0 Å². The van der Waals surface area contributed by atoms with Gasteiger partial charge in [-0.3, -0.25) is 8.98 Å². The van der Waals surface area contributed by atoms with E-state index < -0.39 is 16.2 Å². The largest absolute Gasteiger partial charge is 0.337 e. The highest BCUT2D eigenvalue weighted by molar-refractivity contribution is 7.86. The molecule has 120 valence electrons. The van der Waals surface area contributed by atoms with Crippen LogP contribution >= 0.6 is 0 Å². The minimum absolute atomic E-state index is 0.108. The molecule has 1 aromatic rings. The van der Waals surface area contributed by atoms with E-state index in [9.17, 15) is 13.2 Å². The molecule has 0 saturated carbocycles. The number of hydrogen-bond donors (Lipinski definition) is 0. The van der Waals surface area contributed by atoms with E-state index in [4.69, 9.17) is 4.18 Å². The van der Waals surface area contributed by atoms with Gasteiger partial charge >= 0.3 is 0 Å². The van der Waals surface area contributed by atoms with Crippen LogP contribution in [0.25, 0.3) is 0 Å². The fourth-order valence-electron chi connectivity index (χ4n) is 2.40. The Morgan fingerprint density at radius 1 is 1.32 bits per heavy atom. The van der Waals surface area contributed by atoms with Gasteiger partial charge in [0.1, 0.15) is 0 Å². The number of hydrogen-bond acceptors (Lipinski definition) is 4. The zero-order valence-electron chi connectivity index (χ0n) is 12.9. The molecule has 5 nitrogen and oxygen atoms in total. The summed E-state index contributed by atoms with van der Waals surface area (Å²) in [4.78, 5) is 13.6. The number of piperidine rings is 1. The van der Waals surface area contributed by atoms with E-state index in [-0.39, 0.29) is 10.8 Å². The molecule has 1 atom stereocenters. The second-order valence-corrected chi connectivity index (χ2v) is 6.98. The molecule has 1 saturated heterocycles. The SMILES string of the molecule is CC=CC(=O)N1CCC[C@H](OS(=O)(=O)c2ccc(C)cc2)C1. The Labute approximate surface area is 131 Å². The average molecular weight is 323 g/mol. The van der Waals surface area contributed by atoms with Gasteiger partial charge in [-0.25, -0.2) is 0 Å². The minimum Gasteiger partial charge on any atom is -0.337 e. The number of rotatable bonds is 4. The summed E-state index contributed by atoms with van der Waals surface area (Å²) in [6.45, 7) is 4.60. The lowest BCUT2D eigenvalue weighted by atomic mass is 10.1. The minimum atomic E-state index is -3.79. The third kappa shape index (κ3) is 4.18. The first-order chi connectivity index (χ1) is 10.4. The highest BCUT2D eigenvalue weighted by Crippen LogP contribution is 2.20. The molecule has 6 heteroatoms. The van der Waals surface area contributed by atoms with Gasteiger partial charge in [0.2, 0.25) is 5.91 Å². The lowest BCUT2D eigenvalue weighted by Gasteiger charge is -2.31. The summed E-state index contributed by atoms with van der Waals surface area (Å²) in [5.74, 6) is -0.108. The second-order valence-electron chi connectivity index (χ2n) is 5.41. The summed E-state index contributed by atoms with van der Waals surface area (Å²) < 4.78 is 29.9. The third-order valence-corrected chi connectivity index (χ3v) is 4.95. The number of allylic oxidation sites excluding steroid dienone is 1. The standard InChI is InChI=1S/C16H21NO4S/c1-3-5-16(18)17-11-4-6-14(12-17)21-22(19,20)15-9-7-13(2)8-10-15/h3,5,7-10,14H,4,6,11-12H2,1-2H3/t14-/m0/s1. The van der Waals surface area contributed by atoms with Crippen molar-refractivity contribution in [1.29, 1.82) is 0 Å². The van der Waals surface area contributed by atoms with E-state index in [1.807, 2.05) is 6.92 Å². The van der Waals surface area contributed by atoms with E-state index in [0.717, 1.165) is 12.0 Å². The van der Waals surface area contributed by atoms with E-state index in [0.29, 0.717) is 19.5 Å². The van der Waals surface area contributed by atoms with Crippen LogP contribution in [0.1, 0.15) is 25.3 Å². The van der Waals surface area contributed by atoms with E-state index in [1.165, 1.54) is 18.2 Å². The van der Waals surface area contributed by atoms with E-state index in [1.54, 1.807) is 30.0 Å². The van der Waals surface area contributed by atoms with Gasteiger partial charge in [0, 0.05) is 13.1 Å². The molecule has 0 aliphatic carbocycles. The summed E-state index contributed by atoms with van der Waals surface area (Å²) in [6.07, 6.45) is 4.03. The van der Waals surface area contributed by atoms with Crippen molar-refractivity contribution in [2.45, 2.75) is 37.7 Å². The van der Waals surface area contributed by atoms with Gasteiger partial charge in [-0.05, 0) is 44.9 Å². The van der Waals surface area contributed by atoms with Gasteiger partial charge in [-0.1, -0.05) is 23.8 Å². The number of benzene rings is 1. The van der Waals surface area contributed by atoms with Crippen LogP contribution in [-0.4, -0.2) is 38.4 Å². The molecule has 1 heterocycles. The number of nitrogens with zero attached hydrogens (tertiary/aromatic N) is 1. The van der Waals surface area contributed by atoms with Crippen LogP contribution in [0.4, 0.5) is 0 Å². The molecule has 0 N–H and O–H groups in total. The monoisotopic (exact) mass is 323 g/mol. The maximum absolute atomic E-state index is 12.3. The summed E-state index contributed by atoms with van der Waals surface area (Å²) in [7, 11) is -3.79. The van der Waals surface area contributed by atoms with E-state index in [2.05, 4.69) is 0 Å². The van der Waals surface area contributed by atoms with Gasteiger partial charge in [-0.2, -0.15) is 8.42 Å². The number of aryl methyl sites for hydroxylation is 1. The Morgan fingerprint density at radius 2 is 2.00 bits per heavy atom. The van der Waals surface area contributed by atoms with Crippen molar-refractivity contribution >= 4 is 16.0 Å². The quantitative estimate of drug-likeness (QED) is 0.630. The van der Waals surface area contributed by atoms with Gasteiger partial charge in [0.25, 0.3) is 10.1 Å². The number of carbonyl (C=O) groups is 1. The molecule has 1 aliphatic heterocycles. The van der Waals surface area contributed by atoms with Crippen molar-refractivity contribution in [2.24, 2.45) is 0 Å². The van der Waals surface area contributed by atoms with E-state index >= 15 is 0 Å². The molecule has 0 radical (unpaired) electrons. The second kappa shape index (κ2) is 7.07. The van der Waals surface area contributed by atoms with Gasteiger partial charge in [0.15, 0.2) is 0 Å². The number of carbonyl (C=O) groups excluding carboxylic acids is 1. The lowest BCUT2D eigenvalue weighted by molar-refractivity contribution is -0.128. The summed E-state index contributed by atoms with van der Waals surface area (Å²) in [6, 6.07) is 6.55. The molecule has 1 amide bonds. The Morgan fingerprint density at radius 3 is 2.64 bits per heavy atom. The highest BCUT2D eigenvalue weighted by atomic mass is 32.2. The van der Waals surface area contributed by atoms with Crippen molar-refractivity contribution in [3.05, 3.63) is 42.0 Å². The van der Waals surface area contributed by atoms with Crippen molar-refractivity contribution in [3.63, 3.8) is 0 Å². The smallest absolute Gasteiger partial charge is 0.297 e. The van der Waals surface area contributed by atoms with Gasteiger partial charge in [0.05, 0.1) is 11.0 Å². The maximum atomic E-state index is 12.3. The Balaban J connectivity index is 2.06. The normalized spacial score (nSPS) is 19.5. The topological polar surface area (TPSA) is 63.7 Å². The predicted octanol–water partition coefficient (Wildman–Crippen LogP) is 2.27. The molecule has 0 spiro atoms. The van der Waals surface area contributed by atoms with Crippen LogP contribution < -0.4 is 0 Å². The molecule has 22 heavy (non-hydrogen) atoms. The lowest BCUT2D eigenvalue weighted by Crippen LogP contribution is -2.43. The summed E-state index contributed by atoms with van der Waals surface area (Å²) >= 11 is 0. The number of amides is 1. The van der Waals surface area contributed by atoms with Crippen LogP contribution in [0.3, 0.4) is 0 Å². The van der Waals surface area contributed by atoms with Crippen molar-refractivity contribution in [2.75, 3.05) is 13.1 Å². The van der Waals surface area contributed by atoms with Crippen LogP contribution in [-0.2, 0) is 19.1 Å². The molecule has 1 aliphatic rings. The van der Waals surface area contributed by atoms with Gasteiger partial charge in [-0.15, -0.1) is 0 Å². The summed E-state index contributed by atoms with van der Waals surface area (Å²) in [5.41, 5.74) is 0.986. The Kier molecular flexibility index (Phi) is 5.37.